The molecule has 0 saturated carbocycles. The van der Waals surface area contributed by atoms with Crippen LogP contribution in [0.1, 0.15) is 26.3 Å². The molecule has 0 bridgehead atoms. The summed E-state index contributed by atoms with van der Waals surface area (Å²) in [6, 6.07) is 30.7. The molecule has 2 aromatic heterocycles. The lowest BCUT2D eigenvalue weighted by atomic mass is 9.87. The van der Waals surface area contributed by atoms with E-state index in [-0.39, 0.29) is 16.2 Å². The number of ether oxygens (including phenoxy) is 1. The molecule has 0 atom stereocenters. The van der Waals surface area contributed by atoms with Crippen LogP contribution in [0.4, 0.5) is 16.2 Å². The molecule has 0 saturated heterocycles. The molecule has 3 N–H and O–H groups in total. The molecule has 216 valence electrons. The van der Waals surface area contributed by atoms with E-state index in [2.05, 4.69) is 40.8 Å². The number of aromatic nitrogens is 2. The summed E-state index contributed by atoms with van der Waals surface area (Å²) >= 11 is 0. The Labute approximate surface area is 249 Å². The maximum atomic E-state index is 13.3. The fourth-order valence-electron chi connectivity index (χ4n) is 4.94. The normalized spacial score (nSPS) is 11.9. The first kappa shape index (κ1) is 28.0. The lowest BCUT2D eigenvalue weighted by molar-refractivity contribution is 0.214. The molecule has 0 radical (unpaired) electrons. The third-order valence-corrected chi connectivity index (χ3v) is 8.55. The summed E-state index contributed by atoms with van der Waals surface area (Å²) < 4.78 is 35.0. The number of sulfonamides is 1. The molecule has 0 unspecified atom stereocenters. The monoisotopic (exact) mass is 590 g/mol. The van der Waals surface area contributed by atoms with Crippen LogP contribution in [-0.2, 0) is 15.4 Å². The molecule has 8 nitrogen and oxygen atoms in total. The average molecular weight is 591 g/mol. The van der Waals surface area contributed by atoms with Crippen LogP contribution in [-0.4, -0.2) is 24.5 Å². The first-order valence-electron chi connectivity index (χ1n) is 13.7. The maximum absolute atomic E-state index is 13.3. The molecular formula is C34H30N4O4S. The molecule has 0 aliphatic carbocycles. The fraction of sp³-hybridized carbons (Fsp3) is 0.118. The topological polar surface area (TPSA) is 113 Å². The number of nitrogens with one attached hydrogen (secondary N) is 3. The SMILES string of the molecule is CC(C)(C)c1ccc(S(=O)(=O)Nc2ccc3[nH]c(OC(=O)Nc4ccc5ncccc5c4)c(-c4ccccc4)c3c2)cc1. The molecular weight excluding hydrogens is 560 g/mol. The number of pyridine rings is 1. The van der Waals surface area contributed by atoms with Gasteiger partial charge in [0.1, 0.15) is 0 Å². The van der Waals surface area contributed by atoms with E-state index in [0.29, 0.717) is 27.8 Å². The summed E-state index contributed by atoms with van der Waals surface area (Å²) in [6.07, 6.45) is 1.04. The molecule has 0 aliphatic rings. The van der Waals surface area contributed by atoms with Crippen molar-refractivity contribution in [2.24, 2.45) is 0 Å². The second kappa shape index (κ2) is 10.9. The van der Waals surface area contributed by atoms with Crippen molar-refractivity contribution in [1.82, 2.24) is 9.97 Å². The number of benzene rings is 4. The van der Waals surface area contributed by atoms with E-state index in [0.717, 1.165) is 22.0 Å². The van der Waals surface area contributed by atoms with E-state index in [1.54, 1.807) is 42.6 Å². The highest BCUT2D eigenvalue weighted by Crippen LogP contribution is 2.39. The lowest BCUT2D eigenvalue weighted by Gasteiger charge is -2.19. The van der Waals surface area contributed by atoms with Gasteiger partial charge in [0, 0.05) is 33.9 Å². The Morgan fingerprint density at radius 2 is 1.58 bits per heavy atom. The molecule has 9 heteroatoms. The highest BCUT2D eigenvalue weighted by molar-refractivity contribution is 7.92. The minimum Gasteiger partial charge on any atom is -0.392 e. The Morgan fingerprint density at radius 3 is 2.33 bits per heavy atom. The Bertz CT molecular complexity index is 2060. The minimum absolute atomic E-state index is 0.0908. The largest absolute Gasteiger partial charge is 0.418 e. The number of H-pyrrole nitrogens is 1. The third-order valence-electron chi connectivity index (χ3n) is 7.15. The van der Waals surface area contributed by atoms with Crippen LogP contribution in [0.5, 0.6) is 5.88 Å². The van der Waals surface area contributed by atoms with Crippen molar-refractivity contribution in [2.75, 3.05) is 10.0 Å². The number of anilines is 2. The number of carbonyl (C=O) groups is 1. The van der Waals surface area contributed by atoms with E-state index >= 15 is 0 Å². The zero-order chi connectivity index (χ0) is 30.2. The van der Waals surface area contributed by atoms with Gasteiger partial charge in [-0.3, -0.25) is 15.0 Å². The Balaban J connectivity index is 1.31. The predicted octanol–water partition coefficient (Wildman–Crippen LogP) is 8.09. The Morgan fingerprint density at radius 1 is 0.837 bits per heavy atom. The van der Waals surface area contributed by atoms with Crippen molar-refractivity contribution in [1.29, 1.82) is 0 Å². The van der Waals surface area contributed by atoms with Crippen molar-refractivity contribution < 1.29 is 17.9 Å². The van der Waals surface area contributed by atoms with Gasteiger partial charge in [0.15, 0.2) is 0 Å². The van der Waals surface area contributed by atoms with Crippen LogP contribution in [0, 0.1) is 0 Å². The predicted molar refractivity (Wildman–Crippen MR) is 171 cm³/mol. The third kappa shape index (κ3) is 5.93. The molecule has 43 heavy (non-hydrogen) atoms. The van der Waals surface area contributed by atoms with Gasteiger partial charge in [0.25, 0.3) is 10.0 Å². The van der Waals surface area contributed by atoms with E-state index in [1.807, 2.05) is 66.7 Å². The van der Waals surface area contributed by atoms with Gasteiger partial charge >= 0.3 is 6.09 Å². The number of amides is 1. The first-order valence-corrected chi connectivity index (χ1v) is 15.2. The highest BCUT2D eigenvalue weighted by Gasteiger charge is 2.21. The summed E-state index contributed by atoms with van der Waals surface area (Å²) in [4.78, 5) is 20.7. The number of nitrogens with zero attached hydrogens (tertiary/aromatic N) is 1. The van der Waals surface area contributed by atoms with Gasteiger partial charge in [-0.05, 0) is 71.1 Å². The first-order chi connectivity index (χ1) is 20.6. The van der Waals surface area contributed by atoms with Gasteiger partial charge in [-0.25, -0.2) is 13.2 Å². The van der Waals surface area contributed by atoms with Gasteiger partial charge in [-0.15, -0.1) is 0 Å². The molecule has 2 heterocycles. The fourth-order valence-corrected chi connectivity index (χ4v) is 5.99. The number of fused-ring (bicyclic) bond motifs is 2. The zero-order valence-electron chi connectivity index (χ0n) is 23.9. The molecule has 1 amide bonds. The Kier molecular flexibility index (Phi) is 7.11. The van der Waals surface area contributed by atoms with Crippen molar-refractivity contribution in [3.8, 4) is 17.0 Å². The summed E-state index contributed by atoms with van der Waals surface area (Å²) in [5.74, 6) is 0.235. The van der Waals surface area contributed by atoms with Crippen molar-refractivity contribution in [3.63, 3.8) is 0 Å². The van der Waals surface area contributed by atoms with Crippen LogP contribution in [0.25, 0.3) is 32.9 Å². The Hall–Kier alpha value is -5.15. The van der Waals surface area contributed by atoms with Gasteiger partial charge in [0.2, 0.25) is 5.88 Å². The standard InChI is InChI=1S/C34H30N4O4S/c1-34(2,3)24-11-15-27(16-12-24)43(40,41)38-26-14-18-30-28(21-26)31(22-8-5-4-6-9-22)32(37-30)42-33(39)36-25-13-17-29-23(20-25)10-7-19-35-29/h4-21,37-38H,1-3H3,(H,36,39). The van der Waals surface area contributed by atoms with Crippen LogP contribution < -0.4 is 14.8 Å². The van der Waals surface area contributed by atoms with E-state index in [1.165, 1.54) is 0 Å². The highest BCUT2D eigenvalue weighted by atomic mass is 32.2. The van der Waals surface area contributed by atoms with Crippen LogP contribution in [0.2, 0.25) is 0 Å². The number of rotatable bonds is 6. The molecule has 0 fully saturated rings. The summed E-state index contributed by atoms with van der Waals surface area (Å²) in [5.41, 5.74) is 4.82. The summed E-state index contributed by atoms with van der Waals surface area (Å²) in [5, 5.41) is 4.35. The lowest BCUT2D eigenvalue weighted by Crippen LogP contribution is -2.17. The van der Waals surface area contributed by atoms with Gasteiger partial charge in [-0.2, -0.15) is 0 Å². The molecule has 6 rings (SSSR count). The molecule has 4 aromatic carbocycles. The smallest absolute Gasteiger partial charge is 0.392 e. The van der Waals surface area contributed by atoms with Crippen molar-refractivity contribution in [3.05, 3.63) is 115 Å². The summed E-state index contributed by atoms with van der Waals surface area (Å²) in [7, 11) is -3.84. The van der Waals surface area contributed by atoms with Crippen molar-refractivity contribution >= 4 is 49.3 Å². The second-order valence-electron chi connectivity index (χ2n) is 11.3. The van der Waals surface area contributed by atoms with Gasteiger partial charge < -0.3 is 9.72 Å². The van der Waals surface area contributed by atoms with E-state index in [9.17, 15) is 13.2 Å². The molecule has 0 aliphatic heterocycles. The van der Waals surface area contributed by atoms with Crippen molar-refractivity contribution in [2.45, 2.75) is 31.1 Å². The number of hydrogen-bond acceptors (Lipinski definition) is 5. The average Bonchev–Trinajstić information content (AvgIpc) is 3.33. The van der Waals surface area contributed by atoms with E-state index in [4.69, 9.17) is 4.74 Å². The maximum Gasteiger partial charge on any atom is 0.418 e. The number of hydrogen-bond donors (Lipinski definition) is 3. The number of aromatic amines is 1. The minimum atomic E-state index is -3.84. The van der Waals surface area contributed by atoms with Crippen LogP contribution in [0.3, 0.4) is 0 Å². The quantitative estimate of drug-likeness (QED) is 0.181. The van der Waals surface area contributed by atoms with Gasteiger partial charge in [-0.1, -0.05) is 69.3 Å². The zero-order valence-corrected chi connectivity index (χ0v) is 24.7. The van der Waals surface area contributed by atoms with Gasteiger partial charge in [0.05, 0.1) is 16.0 Å². The molecule has 0 spiro atoms. The molecule has 6 aromatic rings. The van der Waals surface area contributed by atoms with Crippen LogP contribution in [0.15, 0.2) is 114 Å². The van der Waals surface area contributed by atoms with Crippen LogP contribution >= 0.6 is 0 Å². The summed E-state index contributed by atoms with van der Waals surface area (Å²) in [6.45, 7) is 6.23. The van der Waals surface area contributed by atoms with E-state index < -0.39 is 16.1 Å². The number of carbonyl (C=O) groups excluding carboxylic acids is 1. The second-order valence-corrected chi connectivity index (χ2v) is 12.9.